The molecule has 25 heavy (non-hydrogen) atoms. The molecule has 1 aromatic heterocycles. The van der Waals surface area contributed by atoms with Crippen molar-refractivity contribution in [1.29, 1.82) is 0 Å². The number of nitrogens with zero attached hydrogens (tertiary/aromatic N) is 2. The Morgan fingerprint density at radius 2 is 1.88 bits per heavy atom. The molecule has 0 radical (unpaired) electrons. The molecule has 7 heteroatoms. The van der Waals surface area contributed by atoms with Crippen LogP contribution in [0.25, 0.3) is 11.3 Å². The highest BCUT2D eigenvalue weighted by molar-refractivity contribution is 7.14. The number of benzene rings is 2. The zero-order valence-corrected chi connectivity index (χ0v) is 14.5. The van der Waals surface area contributed by atoms with Crippen LogP contribution in [0, 0.1) is 24.0 Å². The van der Waals surface area contributed by atoms with Gasteiger partial charge in [-0.25, -0.2) is 4.98 Å². The number of nitro groups is 1. The zero-order valence-electron chi connectivity index (χ0n) is 13.6. The molecule has 0 aliphatic carbocycles. The molecular weight excluding hydrogens is 338 g/mol. The summed E-state index contributed by atoms with van der Waals surface area (Å²) < 4.78 is 0. The van der Waals surface area contributed by atoms with E-state index >= 15 is 0 Å². The second-order valence-corrected chi connectivity index (χ2v) is 6.47. The van der Waals surface area contributed by atoms with Gasteiger partial charge in [0.25, 0.3) is 11.6 Å². The number of aryl methyl sites for hydroxylation is 2. The Morgan fingerprint density at radius 1 is 1.16 bits per heavy atom. The van der Waals surface area contributed by atoms with E-state index in [2.05, 4.69) is 16.4 Å². The third kappa shape index (κ3) is 3.72. The van der Waals surface area contributed by atoms with Gasteiger partial charge in [-0.05, 0) is 37.6 Å². The van der Waals surface area contributed by atoms with Crippen molar-refractivity contribution >= 4 is 28.1 Å². The molecule has 0 fully saturated rings. The molecule has 0 saturated heterocycles. The minimum Gasteiger partial charge on any atom is -0.298 e. The van der Waals surface area contributed by atoms with E-state index < -0.39 is 4.92 Å². The number of hydrogen-bond donors (Lipinski definition) is 1. The minimum atomic E-state index is -0.501. The molecule has 0 unspecified atom stereocenters. The predicted molar refractivity (Wildman–Crippen MR) is 98.1 cm³/mol. The van der Waals surface area contributed by atoms with E-state index in [1.165, 1.54) is 35.6 Å². The number of nitro benzene ring substituents is 1. The van der Waals surface area contributed by atoms with E-state index in [0.29, 0.717) is 10.7 Å². The fourth-order valence-corrected chi connectivity index (χ4v) is 3.08. The van der Waals surface area contributed by atoms with Crippen molar-refractivity contribution in [3.05, 3.63) is 74.6 Å². The summed E-state index contributed by atoms with van der Waals surface area (Å²) in [5.74, 6) is -0.350. The van der Waals surface area contributed by atoms with Crippen LogP contribution in [0.1, 0.15) is 21.5 Å². The van der Waals surface area contributed by atoms with Crippen molar-refractivity contribution in [3.8, 4) is 11.3 Å². The van der Waals surface area contributed by atoms with Crippen LogP contribution >= 0.6 is 11.3 Å². The second kappa shape index (κ2) is 6.82. The van der Waals surface area contributed by atoms with Crippen molar-refractivity contribution < 1.29 is 9.72 Å². The van der Waals surface area contributed by atoms with Gasteiger partial charge in [0.2, 0.25) is 0 Å². The maximum Gasteiger partial charge on any atom is 0.269 e. The molecule has 1 N–H and O–H groups in total. The lowest BCUT2D eigenvalue weighted by Gasteiger charge is -2.04. The number of amides is 1. The summed E-state index contributed by atoms with van der Waals surface area (Å²) in [6, 6.07) is 11.6. The van der Waals surface area contributed by atoms with Gasteiger partial charge in [0, 0.05) is 28.6 Å². The van der Waals surface area contributed by atoms with Crippen LogP contribution in [0.2, 0.25) is 0 Å². The highest BCUT2D eigenvalue weighted by Crippen LogP contribution is 2.28. The third-order valence-corrected chi connectivity index (χ3v) is 4.49. The Balaban J connectivity index is 1.78. The van der Waals surface area contributed by atoms with Gasteiger partial charge in [-0.2, -0.15) is 0 Å². The van der Waals surface area contributed by atoms with Gasteiger partial charge in [0.05, 0.1) is 10.6 Å². The largest absolute Gasteiger partial charge is 0.298 e. The number of aromatic nitrogens is 1. The highest BCUT2D eigenvalue weighted by Gasteiger charge is 2.13. The van der Waals surface area contributed by atoms with E-state index in [1.807, 2.05) is 31.4 Å². The molecular formula is C18H15N3O3S. The number of rotatable bonds is 4. The molecule has 1 heterocycles. The van der Waals surface area contributed by atoms with Gasteiger partial charge in [0.1, 0.15) is 0 Å². The minimum absolute atomic E-state index is 0.0528. The number of anilines is 1. The molecule has 0 bridgehead atoms. The van der Waals surface area contributed by atoms with Gasteiger partial charge in [-0.15, -0.1) is 11.3 Å². The molecule has 3 aromatic rings. The molecule has 0 saturated carbocycles. The van der Waals surface area contributed by atoms with Crippen LogP contribution in [-0.2, 0) is 0 Å². The number of nitrogens with one attached hydrogen (secondary N) is 1. The van der Waals surface area contributed by atoms with Crippen LogP contribution in [0.3, 0.4) is 0 Å². The van der Waals surface area contributed by atoms with Crippen LogP contribution in [0.4, 0.5) is 10.8 Å². The monoisotopic (exact) mass is 353 g/mol. The highest BCUT2D eigenvalue weighted by atomic mass is 32.1. The number of non-ortho nitro benzene ring substituents is 1. The van der Waals surface area contributed by atoms with E-state index in [9.17, 15) is 14.9 Å². The third-order valence-electron chi connectivity index (χ3n) is 3.73. The average Bonchev–Trinajstić information content (AvgIpc) is 3.05. The van der Waals surface area contributed by atoms with E-state index in [1.54, 1.807) is 0 Å². The van der Waals surface area contributed by atoms with Crippen LogP contribution in [-0.4, -0.2) is 15.8 Å². The molecule has 1 amide bonds. The van der Waals surface area contributed by atoms with Crippen LogP contribution < -0.4 is 5.32 Å². The average molecular weight is 353 g/mol. The molecule has 3 rings (SSSR count). The standard InChI is InChI=1S/C18H15N3O3S/c1-11-3-4-12(2)15(9-11)16-10-25-18(19-16)20-17(22)13-5-7-14(8-6-13)21(23)24/h3-10H,1-2H3,(H,19,20,22). The number of hydrogen-bond acceptors (Lipinski definition) is 5. The molecule has 0 spiro atoms. The van der Waals surface area contributed by atoms with Crippen molar-refractivity contribution in [2.75, 3.05) is 5.32 Å². The van der Waals surface area contributed by atoms with Crippen molar-refractivity contribution in [2.45, 2.75) is 13.8 Å². The zero-order chi connectivity index (χ0) is 18.0. The Morgan fingerprint density at radius 3 is 2.56 bits per heavy atom. The summed E-state index contributed by atoms with van der Waals surface area (Å²) in [7, 11) is 0. The smallest absolute Gasteiger partial charge is 0.269 e. The first-order valence-electron chi connectivity index (χ1n) is 7.53. The first kappa shape index (κ1) is 16.8. The summed E-state index contributed by atoms with van der Waals surface area (Å²) in [6.45, 7) is 4.04. The normalized spacial score (nSPS) is 10.5. The maximum atomic E-state index is 12.2. The number of carbonyl (C=O) groups is 1. The number of carbonyl (C=O) groups excluding carboxylic acids is 1. The van der Waals surface area contributed by atoms with Crippen molar-refractivity contribution in [1.82, 2.24) is 4.98 Å². The Bertz CT molecular complexity index is 948. The lowest BCUT2D eigenvalue weighted by molar-refractivity contribution is -0.384. The molecule has 126 valence electrons. The maximum absolute atomic E-state index is 12.2. The molecule has 6 nitrogen and oxygen atoms in total. The van der Waals surface area contributed by atoms with Crippen molar-refractivity contribution in [2.24, 2.45) is 0 Å². The summed E-state index contributed by atoms with van der Waals surface area (Å²) in [5, 5.41) is 15.8. The van der Waals surface area contributed by atoms with Gasteiger partial charge < -0.3 is 0 Å². The second-order valence-electron chi connectivity index (χ2n) is 5.61. The fourth-order valence-electron chi connectivity index (χ4n) is 2.37. The molecule has 0 atom stereocenters. The number of thiazole rings is 1. The molecule has 0 aliphatic rings. The topological polar surface area (TPSA) is 85.1 Å². The Hall–Kier alpha value is -3.06. The van der Waals surface area contributed by atoms with E-state index in [0.717, 1.165) is 22.4 Å². The summed E-state index contributed by atoms with van der Waals surface area (Å²) >= 11 is 1.34. The van der Waals surface area contributed by atoms with Crippen LogP contribution in [0.5, 0.6) is 0 Å². The Kier molecular flexibility index (Phi) is 4.58. The van der Waals surface area contributed by atoms with Gasteiger partial charge in [-0.1, -0.05) is 17.7 Å². The lowest BCUT2D eigenvalue weighted by Crippen LogP contribution is -2.11. The van der Waals surface area contributed by atoms with Gasteiger partial charge >= 0.3 is 0 Å². The quantitative estimate of drug-likeness (QED) is 0.549. The SMILES string of the molecule is Cc1ccc(C)c(-c2csc(NC(=O)c3ccc([N+](=O)[O-])cc3)n2)c1. The van der Waals surface area contributed by atoms with Gasteiger partial charge in [0.15, 0.2) is 5.13 Å². The summed E-state index contributed by atoms with van der Waals surface area (Å²) in [5.41, 5.74) is 4.39. The van der Waals surface area contributed by atoms with Crippen molar-refractivity contribution in [3.63, 3.8) is 0 Å². The fraction of sp³-hybridized carbons (Fsp3) is 0.111. The van der Waals surface area contributed by atoms with E-state index in [-0.39, 0.29) is 11.6 Å². The Labute approximate surface area is 148 Å². The van der Waals surface area contributed by atoms with Gasteiger partial charge in [-0.3, -0.25) is 20.2 Å². The first-order chi connectivity index (χ1) is 11.9. The summed E-state index contributed by atoms with van der Waals surface area (Å²) in [6.07, 6.45) is 0. The molecule has 0 aliphatic heterocycles. The first-order valence-corrected chi connectivity index (χ1v) is 8.41. The lowest BCUT2D eigenvalue weighted by atomic mass is 10.0. The predicted octanol–water partition coefficient (Wildman–Crippen LogP) is 4.59. The van der Waals surface area contributed by atoms with E-state index in [4.69, 9.17) is 0 Å². The molecule has 2 aromatic carbocycles. The summed E-state index contributed by atoms with van der Waals surface area (Å²) in [4.78, 5) is 26.9. The van der Waals surface area contributed by atoms with Crippen LogP contribution in [0.15, 0.2) is 47.8 Å².